The fraction of sp³-hybridized carbons (Fsp3) is 0.438. The summed E-state index contributed by atoms with van der Waals surface area (Å²) in [6.07, 6.45) is 0. The minimum absolute atomic E-state index is 1.06. The van der Waals surface area contributed by atoms with E-state index in [2.05, 4.69) is 49.2 Å². The number of benzene rings is 1. The van der Waals surface area contributed by atoms with Gasteiger partial charge < -0.3 is 10.2 Å². The Morgan fingerprint density at radius 2 is 1.79 bits per heavy atom. The molecule has 1 aromatic carbocycles. The second kappa shape index (κ2) is 4.82. The van der Waals surface area contributed by atoms with Crippen molar-refractivity contribution in [3.63, 3.8) is 0 Å². The molecule has 1 N–H and O–H groups in total. The number of piperazine rings is 1. The van der Waals surface area contributed by atoms with E-state index in [1.807, 2.05) is 0 Å². The van der Waals surface area contributed by atoms with E-state index < -0.39 is 0 Å². The zero-order chi connectivity index (χ0) is 13.4. The zero-order valence-electron chi connectivity index (χ0n) is 12.0. The largest absolute Gasteiger partial charge is 0.368 e. The second-order valence-electron chi connectivity index (χ2n) is 5.50. The van der Waals surface area contributed by atoms with Crippen molar-refractivity contribution in [1.29, 1.82) is 0 Å². The monoisotopic (exact) mass is 255 g/mol. The summed E-state index contributed by atoms with van der Waals surface area (Å²) >= 11 is 0. The average molecular weight is 255 g/mol. The molecule has 0 aliphatic carbocycles. The molecule has 2 heterocycles. The standard InChI is InChI=1S/C16H21N3/c1-11-8-12(2)16-14(9-11)15(10-13(3)18-16)19-6-4-17-5-7-19/h8-10,17H,4-7H2,1-3H3. The summed E-state index contributed by atoms with van der Waals surface area (Å²) in [5.74, 6) is 0. The second-order valence-corrected chi connectivity index (χ2v) is 5.50. The molecular weight excluding hydrogens is 234 g/mol. The van der Waals surface area contributed by atoms with Gasteiger partial charge in [0.15, 0.2) is 0 Å². The maximum atomic E-state index is 4.73. The lowest BCUT2D eigenvalue weighted by atomic mass is 10.0. The highest BCUT2D eigenvalue weighted by molar-refractivity contribution is 5.94. The Kier molecular flexibility index (Phi) is 3.15. The van der Waals surface area contributed by atoms with Crippen molar-refractivity contribution in [1.82, 2.24) is 10.3 Å². The molecule has 100 valence electrons. The Bertz CT molecular complexity index is 613. The highest BCUT2D eigenvalue weighted by Crippen LogP contribution is 2.30. The highest BCUT2D eigenvalue weighted by atomic mass is 15.2. The van der Waals surface area contributed by atoms with Gasteiger partial charge in [-0.15, -0.1) is 0 Å². The van der Waals surface area contributed by atoms with Crippen LogP contribution in [-0.4, -0.2) is 31.2 Å². The van der Waals surface area contributed by atoms with Crippen LogP contribution >= 0.6 is 0 Å². The van der Waals surface area contributed by atoms with Crippen molar-refractivity contribution >= 4 is 16.6 Å². The van der Waals surface area contributed by atoms with Crippen molar-refractivity contribution in [3.8, 4) is 0 Å². The van der Waals surface area contributed by atoms with Gasteiger partial charge in [0.05, 0.1) is 5.52 Å². The summed E-state index contributed by atoms with van der Waals surface area (Å²) in [4.78, 5) is 7.21. The lowest BCUT2D eigenvalue weighted by molar-refractivity contribution is 0.590. The molecule has 1 saturated heterocycles. The average Bonchev–Trinajstić information content (AvgIpc) is 2.40. The minimum Gasteiger partial charge on any atom is -0.368 e. The van der Waals surface area contributed by atoms with Crippen LogP contribution in [0.3, 0.4) is 0 Å². The van der Waals surface area contributed by atoms with Crippen molar-refractivity contribution in [2.45, 2.75) is 20.8 Å². The summed E-state index contributed by atoms with van der Waals surface area (Å²) in [5.41, 5.74) is 6.19. The normalized spacial score (nSPS) is 16.1. The van der Waals surface area contributed by atoms with E-state index in [4.69, 9.17) is 4.98 Å². The van der Waals surface area contributed by atoms with Gasteiger partial charge in [-0.3, -0.25) is 4.98 Å². The lowest BCUT2D eigenvalue weighted by Gasteiger charge is -2.30. The predicted octanol–water partition coefficient (Wildman–Crippen LogP) is 2.57. The van der Waals surface area contributed by atoms with Gasteiger partial charge in [-0.05, 0) is 38.5 Å². The summed E-state index contributed by atoms with van der Waals surface area (Å²) in [7, 11) is 0. The number of nitrogens with zero attached hydrogens (tertiary/aromatic N) is 2. The molecule has 1 aromatic heterocycles. The summed E-state index contributed by atoms with van der Waals surface area (Å²) < 4.78 is 0. The molecule has 0 bridgehead atoms. The zero-order valence-corrected chi connectivity index (χ0v) is 12.0. The predicted molar refractivity (Wildman–Crippen MR) is 81.0 cm³/mol. The van der Waals surface area contributed by atoms with Crippen LogP contribution in [0.5, 0.6) is 0 Å². The maximum absolute atomic E-state index is 4.73. The number of aromatic nitrogens is 1. The molecule has 3 nitrogen and oxygen atoms in total. The fourth-order valence-corrected chi connectivity index (χ4v) is 2.96. The third-order valence-corrected chi connectivity index (χ3v) is 3.81. The summed E-state index contributed by atoms with van der Waals surface area (Å²) in [6.45, 7) is 10.7. The first kappa shape index (κ1) is 12.4. The lowest BCUT2D eigenvalue weighted by Crippen LogP contribution is -2.43. The molecule has 3 rings (SSSR count). The van der Waals surface area contributed by atoms with Crippen LogP contribution in [0.2, 0.25) is 0 Å². The maximum Gasteiger partial charge on any atom is 0.0755 e. The Morgan fingerprint density at radius 3 is 2.53 bits per heavy atom. The molecule has 0 saturated carbocycles. The van der Waals surface area contributed by atoms with E-state index in [1.54, 1.807) is 0 Å². The fourth-order valence-electron chi connectivity index (χ4n) is 2.96. The number of rotatable bonds is 1. The number of anilines is 1. The number of hydrogen-bond acceptors (Lipinski definition) is 3. The van der Waals surface area contributed by atoms with Crippen LogP contribution in [0.15, 0.2) is 18.2 Å². The molecule has 0 unspecified atom stereocenters. The smallest absolute Gasteiger partial charge is 0.0755 e. The number of nitrogens with one attached hydrogen (secondary N) is 1. The first-order valence-electron chi connectivity index (χ1n) is 6.99. The van der Waals surface area contributed by atoms with E-state index in [9.17, 15) is 0 Å². The number of hydrogen-bond donors (Lipinski definition) is 1. The first-order chi connectivity index (χ1) is 9.15. The quantitative estimate of drug-likeness (QED) is 0.849. The molecule has 2 aromatic rings. The summed E-state index contributed by atoms with van der Waals surface area (Å²) in [6, 6.07) is 6.72. The van der Waals surface area contributed by atoms with E-state index in [-0.39, 0.29) is 0 Å². The molecular formula is C16H21N3. The van der Waals surface area contributed by atoms with Crippen LogP contribution < -0.4 is 10.2 Å². The van der Waals surface area contributed by atoms with Crippen LogP contribution in [0.25, 0.3) is 10.9 Å². The molecule has 0 radical (unpaired) electrons. The van der Waals surface area contributed by atoms with Gasteiger partial charge in [0, 0.05) is 42.9 Å². The SMILES string of the molecule is Cc1cc(C)c2nc(C)cc(N3CCNCC3)c2c1. The van der Waals surface area contributed by atoms with Crippen molar-refractivity contribution in [3.05, 3.63) is 35.0 Å². The Labute approximate surface area is 114 Å². The van der Waals surface area contributed by atoms with Gasteiger partial charge in [-0.25, -0.2) is 0 Å². The third kappa shape index (κ3) is 2.30. The molecule has 0 amide bonds. The van der Waals surface area contributed by atoms with E-state index in [0.29, 0.717) is 0 Å². The molecule has 1 aliphatic rings. The number of fused-ring (bicyclic) bond motifs is 1. The van der Waals surface area contributed by atoms with Crippen LogP contribution in [0.1, 0.15) is 16.8 Å². The summed E-state index contributed by atoms with van der Waals surface area (Å²) in [5, 5.41) is 4.71. The third-order valence-electron chi connectivity index (χ3n) is 3.81. The van der Waals surface area contributed by atoms with Crippen LogP contribution in [-0.2, 0) is 0 Å². The minimum atomic E-state index is 1.06. The van der Waals surface area contributed by atoms with E-state index >= 15 is 0 Å². The molecule has 0 spiro atoms. The van der Waals surface area contributed by atoms with Gasteiger partial charge in [0.1, 0.15) is 0 Å². The number of pyridine rings is 1. The Hall–Kier alpha value is -1.61. The van der Waals surface area contributed by atoms with Gasteiger partial charge in [0.2, 0.25) is 0 Å². The molecule has 19 heavy (non-hydrogen) atoms. The molecule has 3 heteroatoms. The van der Waals surface area contributed by atoms with Crippen molar-refractivity contribution in [2.24, 2.45) is 0 Å². The molecule has 1 aliphatic heterocycles. The Morgan fingerprint density at radius 1 is 1.05 bits per heavy atom. The topological polar surface area (TPSA) is 28.2 Å². The van der Waals surface area contributed by atoms with Crippen LogP contribution in [0, 0.1) is 20.8 Å². The van der Waals surface area contributed by atoms with E-state index in [0.717, 1.165) is 37.4 Å². The van der Waals surface area contributed by atoms with Gasteiger partial charge in [0.25, 0.3) is 0 Å². The molecule has 1 fully saturated rings. The van der Waals surface area contributed by atoms with E-state index in [1.165, 1.54) is 22.2 Å². The molecule has 0 atom stereocenters. The first-order valence-corrected chi connectivity index (χ1v) is 6.99. The highest BCUT2D eigenvalue weighted by Gasteiger charge is 2.15. The van der Waals surface area contributed by atoms with Crippen LogP contribution in [0.4, 0.5) is 5.69 Å². The number of aryl methyl sites for hydroxylation is 3. The Balaban J connectivity index is 2.21. The van der Waals surface area contributed by atoms with Crippen molar-refractivity contribution in [2.75, 3.05) is 31.1 Å². The van der Waals surface area contributed by atoms with Crippen molar-refractivity contribution < 1.29 is 0 Å². The van der Waals surface area contributed by atoms with Gasteiger partial charge in [-0.1, -0.05) is 11.6 Å². The van der Waals surface area contributed by atoms with Gasteiger partial charge >= 0.3 is 0 Å². The van der Waals surface area contributed by atoms with Gasteiger partial charge in [-0.2, -0.15) is 0 Å².